The number of benzene rings is 1. The quantitative estimate of drug-likeness (QED) is 0.883. The molecule has 142 valence electrons. The monoisotopic (exact) mass is 368 g/mol. The van der Waals surface area contributed by atoms with Crippen LogP contribution in [0.15, 0.2) is 41.3 Å². The Balaban J connectivity index is 1.30. The highest BCUT2D eigenvalue weighted by Gasteiger charge is 2.42. The van der Waals surface area contributed by atoms with E-state index in [2.05, 4.69) is 16.0 Å². The van der Waals surface area contributed by atoms with Gasteiger partial charge < -0.3 is 19.2 Å². The second kappa shape index (κ2) is 6.78. The van der Waals surface area contributed by atoms with Gasteiger partial charge in [0.15, 0.2) is 0 Å². The van der Waals surface area contributed by atoms with E-state index in [-0.39, 0.29) is 5.56 Å². The van der Waals surface area contributed by atoms with Gasteiger partial charge in [0.25, 0.3) is 0 Å². The van der Waals surface area contributed by atoms with Crippen molar-refractivity contribution in [2.24, 2.45) is 0 Å². The third-order valence-corrected chi connectivity index (χ3v) is 5.95. The molecule has 1 aromatic heterocycles. The average Bonchev–Trinajstić information content (AvgIpc) is 3.24. The summed E-state index contributed by atoms with van der Waals surface area (Å²) in [6.45, 7) is 4.26. The second-order valence-electron chi connectivity index (χ2n) is 7.62. The van der Waals surface area contributed by atoms with Gasteiger partial charge in [0.2, 0.25) is 11.3 Å². The van der Waals surface area contributed by atoms with E-state index >= 15 is 0 Å². The molecular formula is C21H24N2O4. The molecule has 1 spiro atoms. The molecule has 1 N–H and O–H groups in total. The van der Waals surface area contributed by atoms with Crippen LogP contribution in [-0.4, -0.2) is 48.0 Å². The molecule has 2 fully saturated rings. The number of aromatic amines is 1. The van der Waals surface area contributed by atoms with E-state index in [4.69, 9.17) is 14.2 Å². The molecular weight excluding hydrogens is 344 g/mol. The van der Waals surface area contributed by atoms with E-state index in [1.54, 1.807) is 12.3 Å². The number of nitrogens with zero attached hydrogens (tertiary/aromatic N) is 1. The molecule has 0 amide bonds. The van der Waals surface area contributed by atoms with E-state index in [9.17, 15) is 4.79 Å². The molecule has 3 aliphatic heterocycles. The summed E-state index contributed by atoms with van der Waals surface area (Å²) in [5.74, 6) is 0.412. The minimum absolute atomic E-state index is 0.0965. The van der Waals surface area contributed by atoms with Crippen LogP contribution in [0.1, 0.15) is 24.8 Å². The summed E-state index contributed by atoms with van der Waals surface area (Å²) in [7, 11) is 0. The maximum atomic E-state index is 11.3. The molecule has 5 rings (SSSR count). The zero-order chi connectivity index (χ0) is 18.3. The van der Waals surface area contributed by atoms with Crippen LogP contribution in [0.2, 0.25) is 0 Å². The highest BCUT2D eigenvalue weighted by atomic mass is 16.7. The van der Waals surface area contributed by atoms with E-state index in [1.165, 1.54) is 0 Å². The molecule has 4 heterocycles. The van der Waals surface area contributed by atoms with E-state index in [0.29, 0.717) is 12.6 Å². The van der Waals surface area contributed by atoms with Crippen molar-refractivity contribution in [1.82, 2.24) is 9.88 Å². The summed E-state index contributed by atoms with van der Waals surface area (Å²) >= 11 is 0. The van der Waals surface area contributed by atoms with Gasteiger partial charge in [0, 0.05) is 56.4 Å². The molecule has 6 heteroatoms. The van der Waals surface area contributed by atoms with Crippen LogP contribution in [-0.2, 0) is 16.1 Å². The van der Waals surface area contributed by atoms with Crippen LogP contribution >= 0.6 is 0 Å². The number of likely N-dealkylation sites (tertiary alicyclic amines) is 1. The number of piperidine rings is 1. The molecule has 1 atom stereocenters. The summed E-state index contributed by atoms with van der Waals surface area (Å²) < 4.78 is 18.1. The summed E-state index contributed by atoms with van der Waals surface area (Å²) in [6, 6.07) is 10.1. The van der Waals surface area contributed by atoms with Gasteiger partial charge in [-0.05, 0) is 35.7 Å². The Morgan fingerprint density at radius 2 is 1.96 bits per heavy atom. The molecule has 6 nitrogen and oxygen atoms in total. The zero-order valence-corrected chi connectivity index (χ0v) is 15.3. The molecule has 27 heavy (non-hydrogen) atoms. The summed E-state index contributed by atoms with van der Waals surface area (Å²) in [5, 5.41) is 0. The normalized spacial score (nSPS) is 24.5. The number of pyridine rings is 1. The number of hydrogen-bond acceptors (Lipinski definition) is 5. The van der Waals surface area contributed by atoms with Crippen molar-refractivity contribution in [3.05, 3.63) is 52.4 Å². The molecule has 3 aliphatic rings. The van der Waals surface area contributed by atoms with Crippen LogP contribution in [0, 0.1) is 0 Å². The van der Waals surface area contributed by atoms with Gasteiger partial charge >= 0.3 is 0 Å². The predicted molar refractivity (Wildman–Crippen MR) is 101 cm³/mol. The third kappa shape index (κ3) is 3.29. The first-order valence-corrected chi connectivity index (χ1v) is 9.68. The highest BCUT2D eigenvalue weighted by Crippen LogP contribution is 2.39. The van der Waals surface area contributed by atoms with Crippen molar-refractivity contribution < 1.29 is 14.2 Å². The Bertz CT molecular complexity index is 859. The number of H-pyrrole nitrogens is 1. The lowest BCUT2D eigenvalue weighted by Gasteiger charge is -2.45. The molecule has 1 aromatic carbocycles. The van der Waals surface area contributed by atoms with Crippen molar-refractivity contribution in [3.8, 4) is 16.9 Å². The molecule has 2 saturated heterocycles. The molecule has 1 unspecified atom stereocenters. The van der Waals surface area contributed by atoms with Crippen molar-refractivity contribution in [1.29, 1.82) is 0 Å². The van der Waals surface area contributed by atoms with Gasteiger partial charge in [-0.1, -0.05) is 6.07 Å². The van der Waals surface area contributed by atoms with Crippen LogP contribution in [0.4, 0.5) is 0 Å². The highest BCUT2D eigenvalue weighted by molar-refractivity contribution is 5.64. The maximum absolute atomic E-state index is 11.3. The van der Waals surface area contributed by atoms with Gasteiger partial charge in [-0.3, -0.25) is 9.69 Å². The number of fused-ring (bicyclic) bond motifs is 1. The second-order valence-corrected chi connectivity index (χ2v) is 7.62. The van der Waals surface area contributed by atoms with Gasteiger partial charge in [-0.15, -0.1) is 0 Å². The number of aromatic nitrogens is 1. The number of nitrogens with one attached hydrogen (secondary N) is 1. The van der Waals surface area contributed by atoms with Gasteiger partial charge in [0.1, 0.15) is 5.75 Å². The Morgan fingerprint density at radius 3 is 2.70 bits per heavy atom. The van der Waals surface area contributed by atoms with Gasteiger partial charge in [0.05, 0.1) is 13.2 Å². The molecule has 0 bridgehead atoms. The Labute approximate surface area is 158 Å². The lowest BCUT2D eigenvalue weighted by Crippen LogP contribution is -2.53. The van der Waals surface area contributed by atoms with Crippen LogP contribution in [0.3, 0.4) is 0 Å². The lowest BCUT2D eigenvalue weighted by molar-refractivity contribution is -0.229. The molecule has 0 radical (unpaired) electrons. The van der Waals surface area contributed by atoms with E-state index in [1.807, 2.05) is 18.2 Å². The van der Waals surface area contributed by atoms with E-state index < -0.39 is 5.79 Å². The summed E-state index contributed by atoms with van der Waals surface area (Å²) in [6.07, 6.45) is 4.62. The van der Waals surface area contributed by atoms with Crippen LogP contribution in [0.5, 0.6) is 5.75 Å². The fraction of sp³-hybridized carbons (Fsp3) is 0.476. The fourth-order valence-electron chi connectivity index (χ4n) is 4.29. The number of rotatable bonds is 2. The third-order valence-electron chi connectivity index (χ3n) is 5.95. The fourth-order valence-corrected chi connectivity index (χ4v) is 4.29. The smallest absolute Gasteiger partial charge is 0.247 e. The molecule has 0 aliphatic carbocycles. The maximum Gasteiger partial charge on any atom is 0.247 e. The molecule has 2 aromatic rings. The molecule has 0 saturated carbocycles. The first kappa shape index (κ1) is 17.0. The van der Waals surface area contributed by atoms with Crippen molar-refractivity contribution in [3.63, 3.8) is 0 Å². The lowest BCUT2D eigenvalue weighted by atomic mass is 9.98. The van der Waals surface area contributed by atoms with E-state index in [0.717, 1.165) is 68.0 Å². The van der Waals surface area contributed by atoms with Crippen LogP contribution in [0.25, 0.3) is 11.1 Å². The van der Waals surface area contributed by atoms with Crippen molar-refractivity contribution >= 4 is 0 Å². The minimum atomic E-state index is -0.498. The first-order valence-electron chi connectivity index (χ1n) is 9.68. The predicted octanol–water partition coefficient (Wildman–Crippen LogP) is 2.53. The Kier molecular flexibility index (Phi) is 4.27. The van der Waals surface area contributed by atoms with Gasteiger partial charge in [-0.25, -0.2) is 0 Å². The summed E-state index contributed by atoms with van der Waals surface area (Å²) in [4.78, 5) is 16.5. The SMILES string of the molecule is O=c1ccc(-c2ccc3c(c2)COC2(CCN(C4CCOC4)CC2)O3)c[nH]1. The Morgan fingerprint density at radius 1 is 1.11 bits per heavy atom. The topological polar surface area (TPSA) is 63.8 Å². The standard InChI is InChI=1S/C21H24N2O4/c24-20-4-2-16(12-22-20)15-1-3-19-17(11-15)13-26-21(27-19)6-8-23(9-7-21)18-5-10-25-14-18/h1-4,11-12,18H,5-10,13-14H2,(H,22,24). The van der Waals surface area contributed by atoms with Crippen molar-refractivity contribution in [2.45, 2.75) is 37.7 Å². The number of ether oxygens (including phenoxy) is 3. The van der Waals surface area contributed by atoms with Crippen LogP contribution < -0.4 is 10.3 Å². The first-order chi connectivity index (χ1) is 13.2. The zero-order valence-electron chi connectivity index (χ0n) is 15.3. The Hall–Kier alpha value is -2.15. The van der Waals surface area contributed by atoms with Gasteiger partial charge in [-0.2, -0.15) is 0 Å². The number of hydrogen-bond donors (Lipinski definition) is 1. The largest absolute Gasteiger partial charge is 0.462 e. The average molecular weight is 368 g/mol. The van der Waals surface area contributed by atoms with Crippen molar-refractivity contribution in [2.75, 3.05) is 26.3 Å². The minimum Gasteiger partial charge on any atom is -0.462 e. The summed E-state index contributed by atoms with van der Waals surface area (Å²) in [5.41, 5.74) is 2.98.